The lowest BCUT2D eigenvalue weighted by atomic mass is 10.1. The molecule has 0 bridgehead atoms. The normalized spacial score (nSPS) is 10.9. The maximum absolute atomic E-state index is 4.37. The molecule has 0 saturated heterocycles. The molecule has 1 aromatic heterocycles. The Morgan fingerprint density at radius 3 is 2.69 bits per heavy atom. The standard InChI is InChI=1S/C13H23N3/c1-6-14-8-12-9-15-11(4)7-13(12)16(5)10(2)3/h7,9-10,14H,6,8H2,1-5H3. The molecule has 0 spiro atoms. The summed E-state index contributed by atoms with van der Waals surface area (Å²) in [6.45, 7) is 10.4. The molecule has 0 radical (unpaired) electrons. The fraction of sp³-hybridized carbons (Fsp3) is 0.615. The molecule has 1 rings (SSSR count). The molecule has 1 aromatic rings. The number of nitrogens with one attached hydrogen (secondary N) is 1. The third kappa shape index (κ3) is 3.20. The summed E-state index contributed by atoms with van der Waals surface area (Å²) in [7, 11) is 2.13. The Balaban J connectivity index is 2.97. The highest BCUT2D eigenvalue weighted by Crippen LogP contribution is 2.21. The van der Waals surface area contributed by atoms with Gasteiger partial charge >= 0.3 is 0 Å². The van der Waals surface area contributed by atoms with Crippen molar-refractivity contribution < 1.29 is 0 Å². The van der Waals surface area contributed by atoms with E-state index in [0.29, 0.717) is 6.04 Å². The first-order valence-corrected chi connectivity index (χ1v) is 5.95. The second kappa shape index (κ2) is 5.85. The maximum atomic E-state index is 4.37. The zero-order valence-electron chi connectivity index (χ0n) is 11.0. The number of aryl methyl sites for hydroxylation is 1. The first-order valence-electron chi connectivity index (χ1n) is 5.95. The minimum Gasteiger partial charge on any atom is -0.372 e. The van der Waals surface area contributed by atoms with Gasteiger partial charge in [-0.05, 0) is 33.4 Å². The van der Waals surface area contributed by atoms with Crippen LogP contribution >= 0.6 is 0 Å². The molecule has 0 amide bonds. The smallest absolute Gasteiger partial charge is 0.0445 e. The van der Waals surface area contributed by atoms with Crippen molar-refractivity contribution in [1.82, 2.24) is 10.3 Å². The van der Waals surface area contributed by atoms with Crippen LogP contribution in [0.5, 0.6) is 0 Å². The van der Waals surface area contributed by atoms with Crippen molar-refractivity contribution in [3.05, 3.63) is 23.5 Å². The Bertz CT molecular complexity index is 334. The van der Waals surface area contributed by atoms with Crippen LogP contribution < -0.4 is 10.2 Å². The Kier molecular flexibility index (Phi) is 4.74. The summed E-state index contributed by atoms with van der Waals surface area (Å²) in [6.07, 6.45) is 1.98. The lowest BCUT2D eigenvalue weighted by molar-refractivity contribution is 0.705. The van der Waals surface area contributed by atoms with Gasteiger partial charge in [0, 0.05) is 42.8 Å². The molecule has 3 nitrogen and oxygen atoms in total. The van der Waals surface area contributed by atoms with Crippen LogP contribution in [0.3, 0.4) is 0 Å². The molecule has 3 heteroatoms. The Labute approximate surface area is 98.9 Å². The van der Waals surface area contributed by atoms with Gasteiger partial charge in [-0.15, -0.1) is 0 Å². The maximum Gasteiger partial charge on any atom is 0.0445 e. The van der Waals surface area contributed by atoms with E-state index in [0.717, 1.165) is 18.8 Å². The van der Waals surface area contributed by atoms with Crippen LogP contribution in [-0.4, -0.2) is 24.6 Å². The molecule has 0 unspecified atom stereocenters. The number of hydrogen-bond donors (Lipinski definition) is 1. The van der Waals surface area contributed by atoms with E-state index in [1.165, 1.54) is 11.3 Å². The summed E-state index contributed by atoms with van der Waals surface area (Å²) < 4.78 is 0. The number of anilines is 1. The quantitative estimate of drug-likeness (QED) is 0.827. The van der Waals surface area contributed by atoms with Crippen molar-refractivity contribution in [2.45, 2.75) is 40.3 Å². The predicted octanol–water partition coefficient (Wildman–Crippen LogP) is 2.34. The monoisotopic (exact) mass is 221 g/mol. The van der Waals surface area contributed by atoms with Crippen LogP contribution in [0.1, 0.15) is 32.0 Å². The van der Waals surface area contributed by atoms with Crippen molar-refractivity contribution in [3.63, 3.8) is 0 Å². The van der Waals surface area contributed by atoms with Gasteiger partial charge in [-0.1, -0.05) is 6.92 Å². The highest BCUT2D eigenvalue weighted by Gasteiger charge is 2.10. The topological polar surface area (TPSA) is 28.2 Å². The third-order valence-corrected chi connectivity index (χ3v) is 2.82. The van der Waals surface area contributed by atoms with Crippen molar-refractivity contribution in [2.75, 3.05) is 18.5 Å². The van der Waals surface area contributed by atoms with Gasteiger partial charge in [-0.3, -0.25) is 4.98 Å². The Morgan fingerprint density at radius 1 is 1.44 bits per heavy atom. The van der Waals surface area contributed by atoms with Crippen molar-refractivity contribution in [3.8, 4) is 0 Å². The molecule has 0 fully saturated rings. The molecule has 1 N–H and O–H groups in total. The lowest BCUT2D eigenvalue weighted by Gasteiger charge is -2.26. The lowest BCUT2D eigenvalue weighted by Crippen LogP contribution is -2.28. The van der Waals surface area contributed by atoms with Gasteiger partial charge in [0.2, 0.25) is 0 Å². The molecule has 0 aliphatic heterocycles. The van der Waals surface area contributed by atoms with E-state index < -0.39 is 0 Å². The molecular formula is C13H23N3. The molecule has 90 valence electrons. The molecule has 0 aliphatic rings. The van der Waals surface area contributed by atoms with Gasteiger partial charge in [0.1, 0.15) is 0 Å². The van der Waals surface area contributed by atoms with Gasteiger partial charge < -0.3 is 10.2 Å². The van der Waals surface area contributed by atoms with E-state index in [-0.39, 0.29) is 0 Å². The summed E-state index contributed by atoms with van der Waals surface area (Å²) in [6, 6.07) is 2.66. The Hall–Kier alpha value is -1.09. The second-order valence-electron chi connectivity index (χ2n) is 4.44. The summed E-state index contributed by atoms with van der Waals surface area (Å²) in [5.41, 5.74) is 3.62. The van der Waals surface area contributed by atoms with E-state index in [4.69, 9.17) is 0 Å². The molecule has 1 heterocycles. The van der Waals surface area contributed by atoms with Crippen LogP contribution in [0.15, 0.2) is 12.3 Å². The minimum atomic E-state index is 0.502. The average molecular weight is 221 g/mol. The van der Waals surface area contributed by atoms with Crippen LogP contribution in [0.4, 0.5) is 5.69 Å². The van der Waals surface area contributed by atoms with E-state index in [2.05, 4.69) is 49.1 Å². The SMILES string of the molecule is CCNCc1cnc(C)cc1N(C)C(C)C. The largest absolute Gasteiger partial charge is 0.372 e. The number of nitrogens with zero attached hydrogens (tertiary/aromatic N) is 2. The number of aromatic nitrogens is 1. The second-order valence-corrected chi connectivity index (χ2v) is 4.44. The summed E-state index contributed by atoms with van der Waals surface area (Å²) in [5, 5.41) is 3.35. The average Bonchev–Trinajstić information content (AvgIpc) is 2.26. The minimum absolute atomic E-state index is 0.502. The van der Waals surface area contributed by atoms with Crippen LogP contribution in [0.2, 0.25) is 0 Å². The fourth-order valence-electron chi connectivity index (χ4n) is 1.58. The molecular weight excluding hydrogens is 198 g/mol. The molecule has 0 aromatic carbocycles. The van der Waals surface area contributed by atoms with Crippen molar-refractivity contribution in [1.29, 1.82) is 0 Å². The van der Waals surface area contributed by atoms with Crippen molar-refractivity contribution >= 4 is 5.69 Å². The first kappa shape index (κ1) is 13.0. The van der Waals surface area contributed by atoms with Gasteiger partial charge in [-0.25, -0.2) is 0 Å². The van der Waals surface area contributed by atoms with Gasteiger partial charge in [0.15, 0.2) is 0 Å². The van der Waals surface area contributed by atoms with E-state index >= 15 is 0 Å². The summed E-state index contributed by atoms with van der Waals surface area (Å²) in [5.74, 6) is 0. The van der Waals surface area contributed by atoms with Crippen LogP contribution in [0.25, 0.3) is 0 Å². The fourth-order valence-corrected chi connectivity index (χ4v) is 1.58. The molecule has 0 saturated carbocycles. The Morgan fingerprint density at radius 2 is 2.12 bits per heavy atom. The molecule has 16 heavy (non-hydrogen) atoms. The molecule has 0 atom stereocenters. The zero-order chi connectivity index (χ0) is 12.1. The summed E-state index contributed by atoms with van der Waals surface area (Å²) >= 11 is 0. The molecule has 0 aliphatic carbocycles. The third-order valence-electron chi connectivity index (χ3n) is 2.82. The number of hydrogen-bond acceptors (Lipinski definition) is 3. The summed E-state index contributed by atoms with van der Waals surface area (Å²) in [4.78, 5) is 6.66. The van der Waals surface area contributed by atoms with E-state index in [1.54, 1.807) is 0 Å². The van der Waals surface area contributed by atoms with Crippen LogP contribution in [0, 0.1) is 6.92 Å². The first-order chi connectivity index (χ1) is 7.56. The van der Waals surface area contributed by atoms with Crippen molar-refractivity contribution in [2.24, 2.45) is 0 Å². The van der Waals surface area contributed by atoms with E-state index in [1.807, 2.05) is 13.1 Å². The van der Waals surface area contributed by atoms with Crippen LogP contribution in [-0.2, 0) is 6.54 Å². The zero-order valence-corrected chi connectivity index (χ0v) is 11.0. The van der Waals surface area contributed by atoms with Gasteiger partial charge in [-0.2, -0.15) is 0 Å². The highest BCUT2D eigenvalue weighted by atomic mass is 15.1. The highest BCUT2D eigenvalue weighted by molar-refractivity contribution is 5.53. The van der Waals surface area contributed by atoms with E-state index in [9.17, 15) is 0 Å². The number of pyridine rings is 1. The van der Waals surface area contributed by atoms with Gasteiger partial charge in [0.25, 0.3) is 0 Å². The number of rotatable bonds is 5. The van der Waals surface area contributed by atoms with Gasteiger partial charge in [0.05, 0.1) is 0 Å². The predicted molar refractivity (Wildman–Crippen MR) is 69.9 cm³/mol.